The van der Waals surface area contributed by atoms with Crippen molar-refractivity contribution in [3.8, 4) is 0 Å². The summed E-state index contributed by atoms with van der Waals surface area (Å²) in [5, 5.41) is 48.7. The van der Waals surface area contributed by atoms with Crippen molar-refractivity contribution in [1.29, 1.82) is 0 Å². The molecule has 0 aromatic heterocycles. The molecule has 26 heavy (non-hydrogen) atoms. The summed E-state index contributed by atoms with van der Waals surface area (Å²) in [7, 11) is 0. The predicted octanol–water partition coefficient (Wildman–Crippen LogP) is 0.245. The van der Waals surface area contributed by atoms with Crippen LogP contribution < -0.4 is 0 Å². The van der Waals surface area contributed by atoms with Crippen molar-refractivity contribution in [2.75, 3.05) is 6.61 Å². The van der Waals surface area contributed by atoms with Crippen molar-refractivity contribution in [2.45, 2.75) is 83.5 Å². The predicted molar refractivity (Wildman–Crippen MR) is 95.2 cm³/mol. The van der Waals surface area contributed by atoms with E-state index in [9.17, 15) is 25.5 Å². The second-order valence-corrected chi connectivity index (χ2v) is 8.04. The monoisotopic (exact) mass is 372 g/mol. The summed E-state index contributed by atoms with van der Waals surface area (Å²) >= 11 is 0. The SMILES string of the molecule is CC1=C(C=CC(C)O)C(C)(C)CC(OC2OC(CO)C(O)C(O)C2O)C1. The maximum atomic E-state index is 10.2. The molecule has 2 aliphatic rings. The van der Waals surface area contributed by atoms with Crippen LogP contribution in [0.4, 0.5) is 0 Å². The van der Waals surface area contributed by atoms with Crippen LogP contribution in [0.25, 0.3) is 0 Å². The Balaban J connectivity index is 2.12. The number of allylic oxidation sites excluding steroid dienone is 2. The lowest BCUT2D eigenvalue weighted by molar-refractivity contribution is -0.313. The molecule has 1 aliphatic heterocycles. The molecule has 150 valence electrons. The molecule has 7 heteroatoms. The van der Waals surface area contributed by atoms with Crippen LogP contribution in [0.5, 0.6) is 0 Å². The molecular formula is C19H32O7. The van der Waals surface area contributed by atoms with Crippen molar-refractivity contribution in [3.63, 3.8) is 0 Å². The van der Waals surface area contributed by atoms with Gasteiger partial charge in [-0.05, 0) is 37.7 Å². The molecule has 1 aliphatic carbocycles. The molecule has 0 saturated carbocycles. The van der Waals surface area contributed by atoms with E-state index in [0.717, 1.165) is 11.1 Å². The largest absolute Gasteiger partial charge is 0.394 e. The number of hydrogen-bond donors (Lipinski definition) is 5. The zero-order valence-corrected chi connectivity index (χ0v) is 15.9. The van der Waals surface area contributed by atoms with E-state index in [1.165, 1.54) is 0 Å². The fourth-order valence-corrected chi connectivity index (χ4v) is 3.85. The van der Waals surface area contributed by atoms with Gasteiger partial charge in [-0.2, -0.15) is 0 Å². The minimum absolute atomic E-state index is 0.202. The standard InChI is InChI=1S/C19H32O7/c1-10-7-12(8-19(3,4)13(10)6-5-11(2)21)25-18-17(24)16(23)15(22)14(9-20)26-18/h5-6,11-12,14-18,20-24H,7-9H2,1-4H3. The van der Waals surface area contributed by atoms with E-state index in [2.05, 4.69) is 13.8 Å². The van der Waals surface area contributed by atoms with Gasteiger partial charge in [-0.3, -0.25) is 0 Å². The molecule has 5 N–H and O–H groups in total. The topological polar surface area (TPSA) is 120 Å². The molecule has 0 radical (unpaired) electrons. The lowest BCUT2D eigenvalue weighted by atomic mass is 9.71. The molecule has 1 saturated heterocycles. The Morgan fingerprint density at radius 3 is 2.42 bits per heavy atom. The van der Waals surface area contributed by atoms with Crippen LogP contribution in [0.2, 0.25) is 0 Å². The van der Waals surface area contributed by atoms with E-state index in [0.29, 0.717) is 12.8 Å². The lowest BCUT2D eigenvalue weighted by Gasteiger charge is -2.43. The maximum Gasteiger partial charge on any atom is 0.186 e. The molecular weight excluding hydrogens is 340 g/mol. The first-order valence-electron chi connectivity index (χ1n) is 9.09. The molecule has 2 rings (SSSR count). The summed E-state index contributed by atoms with van der Waals surface area (Å²) in [6, 6.07) is 0. The van der Waals surface area contributed by atoms with Crippen molar-refractivity contribution in [2.24, 2.45) is 5.41 Å². The third kappa shape index (κ3) is 4.72. The number of rotatable bonds is 5. The van der Waals surface area contributed by atoms with E-state index in [-0.39, 0.29) is 11.5 Å². The van der Waals surface area contributed by atoms with Crippen LogP contribution in [-0.4, -0.2) is 75.1 Å². The number of hydrogen-bond acceptors (Lipinski definition) is 7. The fourth-order valence-electron chi connectivity index (χ4n) is 3.85. The van der Waals surface area contributed by atoms with Gasteiger partial charge in [-0.15, -0.1) is 0 Å². The number of ether oxygens (including phenoxy) is 2. The van der Waals surface area contributed by atoms with Gasteiger partial charge in [0.25, 0.3) is 0 Å². The van der Waals surface area contributed by atoms with Crippen LogP contribution in [0, 0.1) is 5.41 Å². The quantitative estimate of drug-likeness (QED) is 0.469. The second-order valence-electron chi connectivity index (χ2n) is 8.04. The molecule has 0 amide bonds. The summed E-state index contributed by atoms with van der Waals surface area (Å²) < 4.78 is 11.4. The maximum absolute atomic E-state index is 10.2. The Labute approximate surface area is 154 Å². The minimum atomic E-state index is -1.44. The van der Waals surface area contributed by atoms with E-state index in [4.69, 9.17) is 9.47 Å². The average Bonchev–Trinajstić information content (AvgIpc) is 2.53. The van der Waals surface area contributed by atoms with Crippen LogP contribution in [0.3, 0.4) is 0 Å². The summed E-state index contributed by atoms with van der Waals surface area (Å²) in [6.45, 7) is 7.40. The Morgan fingerprint density at radius 2 is 1.88 bits per heavy atom. The van der Waals surface area contributed by atoms with Crippen molar-refractivity contribution in [1.82, 2.24) is 0 Å². The minimum Gasteiger partial charge on any atom is -0.394 e. The molecule has 1 fully saturated rings. The number of aliphatic hydroxyl groups is 5. The van der Waals surface area contributed by atoms with Crippen LogP contribution in [0.15, 0.2) is 23.3 Å². The van der Waals surface area contributed by atoms with Crippen LogP contribution in [-0.2, 0) is 9.47 Å². The zero-order chi connectivity index (χ0) is 19.6. The molecule has 7 atom stereocenters. The van der Waals surface area contributed by atoms with Gasteiger partial charge >= 0.3 is 0 Å². The second kappa shape index (κ2) is 8.48. The van der Waals surface area contributed by atoms with Gasteiger partial charge in [0, 0.05) is 0 Å². The first kappa shape index (κ1) is 21.5. The highest BCUT2D eigenvalue weighted by atomic mass is 16.7. The van der Waals surface area contributed by atoms with Gasteiger partial charge in [0.15, 0.2) is 6.29 Å². The fraction of sp³-hybridized carbons (Fsp3) is 0.789. The van der Waals surface area contributed by atoms with Gasteiger partial charge < -0.3 is 35.0 Å². The van der Waals surface area contributed by atoms with Gasteiger partial charge in [0.05, 0.1) is 18.8 Å². The normalized spacial score (nSPS) is 39.4. The van der Waals surface area contributed by atoms with Gasteiger partial charge in [0.1, 0.15) is 24.4 Å². The summed E-state index contributed by atoms with van der Waals surface area (Å²) in [5.74, 6) is 0. The first-order valence-corrected chi connectivity index (χ1v) is 9.09. The van der Waals surface area contributed by atoms with Crippen LogP contribution >= 0.6 is 0 Å². The smallest absolute Gasteiger partial charge is 0.186 e. The highest BCUT2D eigenvalue weighted by Crippen LogP contribution is 2.42. The highest BCUT2D eigenvalue weighted by Gasteiger charge is 2.45. The van der Waals surface area contributed by atoms with Crippen molar-refractivity contribution < 1.29 is 35.0 Å². The first-order chi connectivity index (χ1) is 12.1. The Bertz CT molecular complexity index is 538. The molecule has 0 aromatic carbocycles. The van der Waals surface area contributed by atoms with Gasteiger partial charge in [0.2, 0.25) is 0 Å². The molecule has 7 nitrogen and oxygen atoms in total. The number of aliphatic hydroxyl groups excluding tert-OH is 5. The van der Waals surface area contributed by atoms with Gasteiger partial charge in [-0.1, -0.05) is 31.6 Å². The van der Waals surface area contributed by atoms with E-state index < -0.39 is 43.4 Å². The third-order valence-electron chi connectivity index (χ3n) is 5.18. The van der Waals surface area contributed by atoms with Crippen LogP contribution in [0.1, 0.15) is 40.5 Å². The zero-order valence-electron chi connectivity index (χ0n) is 15.9. The molecule has 0 bridgehead atoms. The molecule has 1 heterocycles. The van der Waals surface area contributed by atoms with Crippen molar-refractivity contribution >= 4 is 0 Å². The Morgan fingerprint density at radius 1 is 1.23 bits per heavy atom. The lowest BCUT2D eigenvalue weighted by Crippen LogP contribution is -2.59. The van der Waals surface area contributed by atoms with E-state index >= 15 is 0 Å². The summed E-state index contributed by atoms with van der Waals surface area (Å²) in [5.41, 5.74) is 2.06. The molecule has 7 unspecified atom stereocenters. The highest BCUT2D eigenvalue weighted by molar-refractivity contribution is 5.34. The summed E-state index contributed by atoms with van der Waals surface area (Å²) in [4.78, 5) is 0. The summed E-state index contributed by atoms with van der Waals surface area (Å²) in [6.07, 6.45) is -2.09. The molecule has 0 spiro atoms. The van der Waals surface area contributed by atoms with Crippen molar-refractivity contribution in [3.05, 3.63) is 23.3 Å². The Hall–Kier alpha value is -0.800. The third-order valence-corrected chi connectivity index (χ3v) is 5.18. The van der Waals surface area contributed by atoms with E-state index in [1.54, 1.807) is 13.0 Å². The van der Waals surface area contributed by atoms with Gasteiger partial charge in [-0.25, -0.2) is 0 Å². The van der Waals surface area contributed by atoms with E-state index in [1.807, 2.05) is 13.0 Å². The molecule has 0 aromatic rings. The average molecular weight is 372 g/mol. The Kier molecular flexibility index (Phi) is 7.01.